The van der Waals surface area contributed by atoms with Crippen LogP contribution >= 0.6 is 23.4 Å². The fourth-order valence-corrected chi connectivity index (χ4v) is 5.66. The van der Waals surface area contributed by atoms with Gasteiger partial charge in [-0.1, -0.05) is 43.0 Å². The molecule has 0 N–H and O–H groups in total. The van der Waals surface area contributed by atoms with Gasteiger partial charge < -0.3 is 33.0 Å². The molecule has 1 aromatic carbocycles. The van der Waals surface area contributed by atoms with E-state index in [1.54, 1.807) is 36.9 Å². The van der Waals surface area contributed by atoms with Gasteiger partial charge in [-0.15, -0.1) is 0 Å². The van der Waals surface area contributed by atoms with E-state index >= 15 is 0 Å². The van der Waals surface area contributed by atoms with Crippen molar-refractivity contribution in [2.45, 2.75) is 50.9 Å². The second-order valence-corrected chi connectivity index (χ2v) is 17.7. The number of nitrogens with zero attached hydrogens (tertiary/aromatic N) is 4. The van der Waals surface area contributed by atoms with Crippen LogP contribution < -0.4 is 9.47 Å². The lowest BCUT2D eigenvalue weighted by Crippen LogP contribution is -2.22. The van der Waals surface area contributed by atoms with Crippen molar-refractivity contribution in [1.82, 2.24) is 14.5 Å². The molecule has 0 saturated carbocycles. The number of aromatic nitrogens is 3. The van der Waals surface area contributed by atoms with Crippen molar-refractivity contribution < 1.29 is 33.2 Å². The number of methoxy groups -OCH3 is 2. The summed E-state index contributed by atoms with van der Waals surface area (Å²) in [5, 5.41) is 11.4. The Hall–Kier alpha value is -2.86. The third-order valence-corrected chi connectivity index (χ3v) is 8.99. The molecule has 0 bridgehead atoms. The van der Waals surface area contributed by atoms with Crippen LogP contribution in [0.2, 0.25) is 30.7 Å². The molecule has 0 atom stereocenters. The highest BCUT2D eigenvalue weighted by Crippen LogP contribution is 2.41. The topological polar surface area (TPSA) is 127 Å². The van der Waals surface area contributed by atoms with Gasteiger partial charge in [0, 0.05) is 45.4 Å². The number of carbonyl (C=O) groups excluding carboxylic acids is 1. The second kappa shape index (κ2) is 16.8. The molecule has 43 heavy (non-hydrogen) atoms. The van der Waals surface area contributed by atoms with Gasteiger partial charge in [0.15, 0.2) is 23.4 Å². The Kier molecular flexibility index (Phi) is 13.6. The number of thioether (sulfide) groups is 1. The summed E-state index contributed by atoms with van der Waals surface area (Å²) in [6, 6.07) is 6.61. The van der Waals surface area contributed by atoms with Crippen LogP contribution in [0.3, 0.4) is 0 Å². The number of halogens is 1. The smallest absolute Gasteiger partial charge is 0.306 e. The predicted octanol–water partition coefficient (Wildman–Crippen LogP) is 5.99. The molecule has 0 amide bonds. The molecule has 11 nitrogen and oxygen atoms in total. The zero-order valence-electron chi connectivity index (χ0n) is 25.5. The van der Waals surface area contributed by atoms with Gasteiger partial charge in [-0.05, 0) is 19.0 Å². The van der Waals surface area contributed by atoms with Crippen LogP contribution in [0.4, 0.5) is 0 Å². The molecule has 3 rings (SSSR count). The number of ether oxygens (including phenoxy) is 6. The minimum absolute atomic E-state index is 0.0382. The van der Waals surface area contributed by atoms with Crippen molar-refractivity contribution in [2.75, 3.05) is 53.2 Å². The van der Waals surface area contributed by atoms with Gasteiger partial charge >= 0.3 is 5.97 Å². The van der Waals surface area contributed by atoms with Crippen molar-refractivity contribution >= 4 is 48.4 Å². The van der Waals surface area contributed by atoms with Crippen molar-refractivity contribution in [3.8, 4) is 28.8 Å². The molecule has 14 heteroatoms. The standard InChI is InChI=1S/C29H39ClN4O7SSi/c1-7-40-25(35)8-12-42-29-32-27(21-14-24(23(37-3)15-22(21)30)41-19-39-10-9-36-2)26-20(16-31)17-34(28(26)33-29)18-38-11-13-43(4,5)6/h14-15,17H,7-13,18-19H2,1-6H3. The number of hydrogen-bond donors (Lipinski definition) is 0. The molecule has 0 saturated heterocycles. The maximum absolute atomic E-state index is 11.9. The number of fused-ring (bicyclic) bond motifs is 1. The summed E-state index contributed by atoms with van der Waals surface area (Å²) in [5.74, 6) is 0.906. The van der Waals surface area contributed by atoms with E-state index in [1.165, 1.54) is 18.9 Å². The molecule has 0 spiro atoms. The number of rotatable bonds is 18. The van der Waals surface area contributed by atoms with Gasteiger partial charge in [-0.3, -0.25) is 4.79 Å². The number of nitriles is 1. The third kappa shape index (κ3) is 10.1. The van der Waals surface area contributed by atoms with Crippen LogP contribution in [0.1, 0.15) is 18.9 Å². The average Bonchev–Trinajstić information content (AvgIpc) is 3.32. The van der Waals surface area contributed by atoms with Crippen molar-refractivity contribution in [3.05, 3.63) is 28.9 Å². The van der Waals surface area contributed by atoms with E-state index in [1.807, 2.05) is 0 Å². The molecule has 0 aliphatic heterocycles. The van der Waals surface area contributed by atoms with E-state index < -0.39 is 8.07 Å². The number of benzene rings is 1. The number of esters is 1. The Labute approximate surface area is 262 Å². The number of carbonyl (C=O) groups is 1. The van der Waals surface area contributed by atoms with Crippen LogP contribution in [0.25, 0.3) is 22.3 Å². The summed E-state index contributed by atoms with van der Waals surface area (Å²) in [7, 11) is 1.82. The maximum atomic E-state index is 11.9. The summed E-state index contributed by atoms with van der Waals surface area (Å²) < 4.78 is 34.7. The highest BCUT2D eigenvalue weighted by molar-refractivity contribution is 7.99. The van der Waals surface area contributed by atoms with Crippen LogP contribution in [-0.2, 0) is 30.5 Å². The van der Waals surface area contributed by atoms with Crippen molar-refractivity contribution in [2.24, 2.45) is 0 Å². The highest BCUT2D eigenvalue weighted by atomic mass is 35.5. The average molecular weight is 651 g/mol. The lowest BCUT2D eigenvalue weighted by molar-refractivity contribution is -0.142. The number of hydrogen-bond acceptors (Lipinski definition) is 11. The lowest BCUT2D eigenvalue weighted by Gasteiger charge is -2.16. The normalized spacial score (nSPS) is 11.5. The largest absolute Gasteiger partial charge is 0.493 e. The predicted molar refractivity (Wildman–Crippen MR) is 169 cm³/mol. The zero-order chi connectivity index (χ0) is 31.4. The fraction of sp³-hybridized carbons (Fsp3) is 0.517. The van der Waals surface area contributed by atoms with E-state index in [2.05, 4.69) is 25.7 Å². The minimum Gasteiger partial charge on any atom is -0.493 e. The molecule has 0 radical (unpaired) electrons. The molecule has 0 unspecified atom stereocenters. The molecule has 0 aliphatic rings. The zero-order valence-corrected chi connectivity index (χ0v) is 28.1. The first-order chi connectivity index (χ1) is 20.6. The fourth-order valence-electron chi connectivity index (χ4n) is 3.90. The Bertz CT molecular complexity index is 1420. The third-order valence-electron chi connectivity index (χ3n) is 6.12. The Morgan fingerprint density at radius 3 is 2.58 bits per heavy atom. The Morgan fingerprint density at radius 2 is 1.91 bits per heavy atom. The van der Waals surface area contributed by atoms with Gasteiger partial charge in [-0.25, -0.2) is 9.97 Å². The van der Waals surface area contributed by atoms with Crippen LogP contribution in [0.15, 0.2) is 23.5 Å². The maximum Gasteiger partial charge on any atom is 0.306 e. The van der Waals surface area contributed by atoms with Gasteiger partial charge in [0.05, 0.1) is 55.0 Å². The molecule has 2 heterocycles. The first kappa shape index (κ1) is 34.6. The highest BCUT2D eigenvalue weighted by Gasteiger charge is 2.23. The summed E-state index contributed by atoms with van der Waals surface area (Å²) in [6.45, 7) is 10.5. The van der Waals surface area contributed by atoms with E-state index in [0.29, 0.717) is 81.7 Å². The first-order valence-electron chi connectivity index (χ1n) is 13.9. The van der Waals surface area contributed by atoms with Crippen LogP contribution in [-0.4, -0.2) is 81.8 Å². The summed E-state index contributed by atoms with van der Waals surface area (Å²) in [4.78, 5) is 21.5. The summed E-state index contributed by atoms with van der Waals surface area (Å²) in [6.07, 6.45) is 1.91. The molecule has 0 fully saturated rings. The van der Waals surface area contributed by atoms with Crippen molar-refractivity contribution in [3.63, 3.8) is 0 Å². The molecular formula is C29H39ClN4O7SSi. The monoisotopic (exact) mass is 650 g/mol. The molecule has 234 valence electrons. The minimum atomic E-state index is -1.28. The molecule has 0 aliphatic carbocycles. The van der Waals surface area contributed by atoms with Gasteiger partial charge in [-0.2, -0.15) is 5.26 Å². The second-order valence-electron chi connectivity index (χ2n) is 10.6. The van der Waals surface area contributed by atoms with Crippen LogP contribution in [0.5, 0.6) is 11.5 Å². The van der Waals surface area contributed by atoms with Gasteiger partial charge in [0.1, 0.15) is 18.4 Å². The Morgan fingerprint density at radius 1 is 1.12 bits per heavy atom. The van der Waals surface area contributed by atoms with Gasteiger partial charge in [0.2, 0.25) is 0 Å². The lowest BCUT2D eigenvalue weighted by atomic mass is 10.1. The van der Waals surface area contributed by atoms with E-state index in [0.717, 1.165) is 6.04 Å². The summed E-state index contributed by atoms with van der Waals surface area (Å²) >= 11 is 8.09. The van der Waals surface area contributed by atoms with E-state index in [4.69, 9.17) is 50.0 Å². The molecule has 3 aromatic rings. The van der Waals surface area contributed by atoms with Crippen LogP contribution in [0, 0.1) is 11.3 Å². The molecular weight excluding hydrogens is 612 g/mol. The SMILES string of the molecule is CCOC(=O)CCSc1nc(-c2cc(OCOCCOC)c(OC)cc2Cl)c2c(C#N)cn(COCC[Si](C)(C)C)c2n1. The van der Waals surface area contributed by atoms with E-state index in [-0.39, 0.29) is 25.9 Å². The Balaban J connectivity index is 2.07. The summed E-state index contributed by atoms with van der Waals surface area (Å²) in [5.41, 5.74) is 1.85. The van der Waals surface area contributed by atoms with E-state index in [9.17, 15) is 10.1 Å². The van der Waals surface area contributed by atoms with Gasteiger partial charge in [0.25, 0.3) is 0 Å². The van der Waals surface area contributed by atoms with Crippen molar-refractivity contribution in [1.29, 1.82) is 5.26 Å². The first-order valence-corrected chi connectivity index (χ1v) is 18.9. The quantitative estimate of drug-likeness (QED) is 0.0402. The molecule has 2 aromatic heterocycles.